The van der Waals surface area contributed by atoms with E-state index in [2.05, 4.69) is 10.2 Å². The number of hydrogen-bond acceptors (Lipinski definition) is 5. The van der Waals surface area contributed by atoms with Gasteiger partial charge in [0, 0.05) is 44.0 Å². The van der Waals surface area contributed by atoms with Crippen LogP contribution in [0.2, 0.25) is 5.02 Å². The van der Waals surface area contributed by atoms with E-state index in [9.17, 15) is 27.9 Å². The number of piperidine rings is 1. The highest BCUT2D eigenvalue weighted by Crippen LogP contribution is 2.61. The van der Waals surface area contributed by atoms with Crippen LogP contribution in [0.3, 0.4) is 0 Å². The Bertz CT molecular complexity index is 1310. The fourth-order valence-electron chi connectivity index (χ4n) is 6.02. The van der Waals surface area contributed by atoms with Crippen molar-refractivity contribution >= 4 is 29.1 Å². The van der Waals surface area contributed by atoms with Crippen LogP contribution in [0.1, 0.15) is 54.4 Å². The number of anilines is 1. The summed E-state index contributed by atoms with van der Waals surface area (Å²) in [7, 11) is 2.60. The first kappa shape index (κ1) is 29.5. The molecule has 0 radical (unpaired) electrons. The topological polar surface area (TPSA) is 82.1 Å². The van der Waals surface area contributed by atoms with E-state index in [4.69, 9.17) is 16.3 Å². The molecule has 222 valence electrons. The molecule has 2 aliphatic carbocycles. The Labute approximate surface area is 242 Å². The van der Waals surface area contributed by atoms with Gasteiger partial charge in [0.15, 0.2) is 0 Å². The molecule has 0 aromatic heterocycles. The SMILES string of the molecule is COc1cccc(C(O)(C(=O)N(C)CC[C@H]2CC23CCN(c2ccc(C(=O)NC4CC4)c(Cl)c2)CC3)C(F)(F)F)c1. The second-order valence-corrected chi connectivity index (χ2v) is 12.0. The number of ether oxygens (including phenoxy) is 1. The first-order chi connectivity index (χ1) is 19.4. The molecule has 11 heteroatoms. The summed E-state index contributed by atoms with van der Waals surface area (Å²) in [6.45, 7) is 1.72. The number of benzene rings is 2. The van der Waals surface area contributed by atoms with Crippen molar-refractivity contribution in [3.63, 3.8) is 0 Å². The first-order valence-corrected chi connectivity index (χ1v) is 14.3. The van der Waals surface area contributed by atoms with Gasteiger partial charge in [-0.3, -0.25) is 9.59 Å². The van der Waals surface area contributed by atoms with Gasteiger partial charge in [0.2, 0.25) is 0 Å². The lowest BCUT2D eigenvalue weighted by Gasteiger charge is -2.35. The Morgan fingerprint density at radius 1 is 1.17 bits per heavy atom. The predicted octanol–water partition coefficient (Wildman–Crippen LogP) is 5.15. The van der Waals surface area contributed by atoms with Crippen molar-refractivity contribution in [3.05, 3.63) is 58.6 Å². The van der Waals surface area contributed by atoms with Gasteiger partial charge in [-0.1, -0.05) is 23.7 Å². The van der Waals surface area contributed by atoms with Gasteiger partial charge in [-0.2, -0.15) is 13.2 Å². The van der Waals surface area contributed by atoms with Gasteiger partial charge in [0.1, 0.15) is 5.75 Å². The van der Waals surface area contributed by atoms with E-state index < -0.39 is 23.2 Å². The molecule has 1 unspecified atom stereocenters. The first-order valence-electron chi connectivity index (χ1n) is 13.9. The largest absolute Gasteiger partial charge is 0.497 e. The lowest BCUT2D eigenvalue weighted by Crippen LogP contribution is -2.55. The summed E-state index contributed by atoms with van der Waals surface area (Å²) >= 11 is 6.44. The van der Waals surface area contributed by atoms with Crippen molar-refractivity contribution in [2.24, 2.45) is 11.3 Å². The number of likely N-dealkylation sites (N-methyl/N-ethyl adjacent to an activating group) is 1. The highest BCUT2D eigenvalue weighted by Gasteiger charge is 2.62. The van der Waals surface area contributed by atoms with Crippen LogP contribution < -0.4 is 15.0 Å². The molecular weight excluding hydrogens is 559 g/mol. The number of aliphatic hydroxyl groups is 1. The van der Waals surface area contributed by atoms with Crippen LogP contribution in [-0.4, -0.2) is 67.8 Å². The number of hydrogen-bond donors (Lipinski definition) is 2. The monoisotopic (exact) mass is 593 g/mol. The van der Waals surface area contributed by atoms with Gasteiger partial charge in [0.05, 0.1) is 17.7 Å². The van der Waals surface area contributed by atoms with Gasteiger partial charge in [-0.15, -0.1) is 0 Å². The summed E-state index contributed by atoms with van der Waals surface area (Å²) < 4.78 is 47.2. The molecule has 3 aliphatic rings. The quantitative estimate of drug-likeness (QED) is 0.421. The van der Waals surface area contributed by atoms with Crippen molar-refractivity contribution in [1.82, 2.24) is 10.2 Å². The number of amides is 2. The minimum absolute atomic E-state index is 0.108. The van der Waals surface area contributed by atoms with Gasteiger partial charge in [-0.05, 0) is 80.2 Å². The lowest BCUT2D eigenvalue weighted by molar-refractivity contribution is -0.261. The Kier molecular flexibility index (Phi) is 7.93. The molecule has 2 atom stereocenters. The van der Waals surface area contributed by atoms with Crippen molar-refractivity contribution in [2.45, 2.75) is 56.3 Å². The zero-order valence-electron chi connectivity index (χ0n) is 23.1. The number of carbonyl (C=O) groups excluding carboxylic acids is 2. The maximum Gasteiger partial charge on any atom is 0.430 e. The number of halogens is 4. The number of methoxy groups -OCH3 is 1. The number of alkyl halides is 3. The van der Waals surface area contributed by atoms with Crippen LogP contribution in [0.25, 0.3) is 0 Å². The predicted molar refractivity (Wildman–Crippen MR) is 149 cm³/mol. The van der Waals surface area contributed by atoms with Gasteiger partial charge >= 0.3 is 6.18 Å². The van der Waals surface area contributed by atoms with E-state index in [-0.39, 0.29) is 29.7 Å². The highest BCUT2D eigenvalue weighted by molar-refractivity contribution is 6.34. The van der Waals surface area contributed by atoms with Crippen molar-refractivity contribution in [1.29, 1.82) is 0 Å². The second-order valence-electron chi connectivity index (χ2n) is 11.6. The molecule has 1 spiro atoms. The second kappa shape index (κ2) is 11.0. The molecule has 1 saturated heterocycles. The van der Waals surface area contributed by atoms with Crippen molar-refractivity contribution in [2.75, 3.05) is 38.7 Å². The number of nitrogens with one attached hydrogen (secondary N) is 1. The molecule has 0 bridgehead atoms. The number of carbonyl (C=O) groups is 2. The fraction of sp³-hybridized carbons (Fsp3) is 0.533. The smallest absolute Gasteiger partial charge is 0.430 e. The number of rotatable bonds is 9. The van der Waals surface area contributed by atoms with E-state index >= 15 is 0 Å². The molecular formula is C30H35ClF3N3O4. The van der Waals surface area contributed by atoms with Crippen molar-refractivity contribution < 1.29 is 32.6 Å². The summed E-state index contributed by atoms with van der Waals surface area (Å²) in [5, 5.41) is 14.1. The molecule has 3 fully saturated rings. The molecule has 7 nitrogen and oxygen atoms in total. The normalized spacial score (nSPS) is 21.2. The summed E-state index contributed by atoms with van der Waals surface area (Å²) in [5.41, 5.74) is -2.70. The third-order valence-electron chi connectivity index (χ3n) is 8.96. The molecule has 2 saturated carbocycles. The summed E-state index contributed by atoms with van der Waals surface area (Å²) in [4.78, 5) is 28.6. The number of nitrogens with zero attached hydrogens (tertiary/aromatic N) is 2. The average Bonchev–Trinajstić information content (AvgIpc) is 3.88. The molecule has 1 heterocycles. The van der Waals surface area contributed by atoms with Gasteiger partial charge < -0.3 is 25.0 Å². The highest BCUT2D eigenvalue weighted by atomic mass is 35.5. The molecule has 2 aromatic rings. The minimum Gasteiger partial charge on any atom is -0.497 e. The van der Waals surface area contributed by atoms with Gasteiger partial charge in [-0.25, -0.2) is 0 Å². The Balaban J connectivity index is 1.16. The lowest BCUT2D eigenvalue weighted by atomic mass is 9.89. The molecule has 2 amide bonds. The van der Waals surface area contributed by atoms with Crippen molar-refractivity contribution in [3.8, 4) is 5.75 Å². The van der Waals surface area contributed by atoms with Crippen LogP contribution >= 0.6 is 11.6 Å². The van der Waals surface area contributed by atoms with E-state index in [0.29, 0.717) is 22.9 Å². The Morgan fingerprint density at radius 2 is 1.88 bits per heavy atom. The molecule has 2 N–H and O–H groups in total. The van der Waals surface area contributed by atoms with Crippen LogP contribution in [0, 0.1) is 11.3 Å². The zero-order valence-corrected chi connectivity index (χ0v) is 23.9. The van der Waals surface area contributed by atoms with E-state index in [1.807, 2.05) is 12.1 Å². The van der Waals surface area contributed by atoms with Crippen LogP contribution in [-0.2, 0) is 10.4 Å². The summed E-state index contributed by atoms with van der Waals surface area (Å²) in [6.07, 6.45) is 0.169. The molecule has 41 heavy (non-hydrogen) atoms. The zero-order chi connectivity index (χ0) is 29.6. The maximum absolute atomic E-state index is 14.1. The molecule has 5 rings (SSSR count). The van der Waals surface area contributed by atoms with E-state index in [1.165, 1.54) is 26.3 Å². The standard InChI is InChI=1S/C30H35ClF3N3O4/c1-36(27(39)29(40,30(32,33)34)19-4-3-5-23(16-19)41-2)13-10-20-18-28(20)11-14-37(15-12-28)22-8-9-24(25(31)17-22)26(38)35-21-6-7-21/h3-5,8-9,16-17,20-21,40H,6-7,10-15,18H2,1-2H3,(H,35,38)/t20-,29?/m0/s1. The molecule has 2 aromatic carbocycles. The Hall–Kier alpha value is -2.98. The van der Waals surface area contributed by atoms with Gasteiger partial charge in [0.25, 0.3) is 17.4 Å². The maximum atomic E-state index is 14.1. The third-order valence-corrected chi connectivity index (χ3v) is 9.27. The van der Waals surface area contributed by atoms with E-state index in [1.54, 1.807) is 6.07 Å². The fourth-order valence-corrected chi connectivity index (χ4v) is 6.28. The minimum atomic E-state index is -5.21. The van der Waals surface area contributed by atoms with E-state index in [0.717, 1.165) is 67.9 Å². The summed E-state index contributed by atoms with van der Waals surface area (Å²) in [5.74, 6) is -1.14. The van der Waals surface area contributed by atoms with Crippen LogP contribution in [0.4, 0.5) is 18.9 Å². The average molecular weight is 594 g/mol. The van der Waals surface area contributed by atoms with Crippen LogP contribution in [0.5, 0.6) is 5.75 Å². The van der Waals surface area contributed by atoms with Crippen LogP contribution in [0.15, 0.2) is 42.5 Å². The molecule has 1 aliphatic heterocycles. The third kappa shape index (κ3) is 5.86. The summed E-state index contributed by atoms with van der Waals surface area (Å²) in [6, 6.07) is 10.6. The Morgan fingerprint density at radius 3 is 2.49 bits per heavy atom.